The van der Waals surface area contributed by atoms with E-state index in [4.69, 9.17) is 4.74 Å². The molecule has 0 saturated heterocycles. The van der Waals surface area contributed by atoms with Gasteiger partial charge in [-0.1, -0.05) is 60.7 Å². The lowest BCUT2D eigenvalue weighted by Crippen LogP contribution is -2.05. The molecule has 2 N–H and O–H groups in total. The fourth-order valence-corrected chi connectivity index (χ4v) is 3.58. The van der Waals surface area contributed by atoms with Gasteiger partial charge in [-0.2, -0.15) is 0 Å². The Morgan fingerprint density at radius 3 is 2.40 bits per heavy atom. The van der Waals surface area contributed by atoms with Crippen LogP contribution in [-0.2, 0) is 6.61 Å². The Morgan fingerprint density at radius 2 is 1.73 bits per heavy atom. The van der Waals surface area contributed by atoms with Crippen LogP contribution in [0.15, 0.2) is 78.3 Å². The number of aliphatic hydroxyl groups excluding tert-OH is 1. The summed E-state index contributed by atoms with van der Waals surface area (Å²) in [5.74, 6) is 1.13. The van der Waals surface area contributed by atoms with Crippen LogP contribution in [0, 0.1) is 6.92 Å². The number of nitrogens with zero attached hydrogens (tertiary/aromatic N) is 2. The van der Waals surface area contributed by atoms with E-state index >= 15 is 0 Å². The average molecular weight is 440 g/mol. The monoisotopic (exact) mass is 439 g/mol. The molecule has 2 aromatic heterocycles. The van der Waals surface area contributed by atoms with Crippen molar-refractivity contribution in [2.24, 2.45) is 0 Å². The summed E-state index contributed by atoms with van der Waals surface area (Å²) < 4.78 is 6.07. The van der Waals surface area contributed by atoms with Gasteiger partial charge in [-0.15, -0.1) is 23.7 Å². The summed E-state index contributed by atoms with van der Waals surface area (Å²) in [6.45, 7) is 2.35. The zero-order valence-electron chi connectivity index (χ0n) is 16.4. The summed E-state index contributed by atoms with van der Waals surface area (Å²) in [6, 6.07) is 21.3. The van der Waals surface area contributed by atoms with E-state index in [-0.39, 0.29) is 12.4 Å². The van der Waals surface area contributed by atoms with Crippen molar-refractivity contribution in [1.29, 1.82) is 0 Å². The Labute approximate surface area is 185 Å². The molecule has 4 aromatic rings. The molecule has 0 saturated carbocycles. The number of hydrogen-bond donors (Lipinski definition) is 2. The molecule has 1 unspecified atom stereocenters. The number of thiazole rings is 1. The normalized spacial score (nSPS) is 11.4. The van der Waals surface area contributed by atoms with Gasteiger partial charge in [0.15, 0.2) is 16.7 Å². The molecular weight excluding hydrogens is 418 g/mol. The predicted molar refractivity (Wildman–Crippen MR) is 123 cm³/mol. The number of pyridine rings is 1. The number of rotatable bonds is 7. The molecule has 2 heterocycles. The molecule has 0 spiro atoms. The molecule has 0 aliphatic heterocycles. The van der Waals surface area contributed by atoms with Crippen molar-refractivity contribution in [1.82, 2.24) is 9.97 Å². The second-order valence-electron chi connectivity index (χ2n) is 6.62. The molecule has 7 heteroatoms. The van der Waals surface area contributed by atoms with Crippen LogP contribution < -0.4 is 10.1 Å². The molecule has 0 bridgehead atoms. The van der Waals surface area contributed by atoms with Crippen LogP contribution in [0.25, 0.3) is 0 Å². The van der Waals surface area contributed by atoms with Crippen molar-refractivity contribution in [2.75, 3.05) is 5.32 Å². The number of nitrogens with one attached hydrogen (secondary N) is 1. The Morgan fingerprint density at radius 1 is 1.03 bits per heavy atom. The molecule has 2 aromatic carbocycles. The number of halogens is 1. The highest BCUT2D eigenvalue weighted by molar-refractivity contribution is 7.13. The van der Waals surface area contributed by atoms with Crippen molar-refractivity contribution in [3.63, 3.8) is 0 Å². The van der Waals surface area contributed by atoms with Gasteiger partial charge >= 0.3 is 0 Å². The summed E-state index contributed by atoms with van der Waals surface area (Å²) in [4.78, 5) is 8.95. The summed E-state index contributed by atoms with van der Waals surface area (Å²) in [5, 5.41) is 16.7. The number of aliphatic hydroxyl groups is 1. The van der Waals surface area contributed by atoms with Crippen LogP contribution in [0.5, 0.6) is 5.75 Å². The standard InChI is InChI=1S/C23H21N3O2S.ClH/c1-16-15-29-23(25-16)26-22-20(28-14-17-8-4-2-5-9-17)12-19(13-24-22)21(27)18-10-6-3-7-11-18;/h2-13,15,21,27H,14H2,1H3,(H,24,25,26);1H. The third-order valence-electron chi connectivity index (χ3n) is 4.39. The molecule has 154 valence electrons. The smallest absolute Gasteiger partial charge is 0.188 e. The van der Waals surface area contributed by atoms with Gasteiger partial charge in [0.05, 0.1) is 5.69 Å². The van der Waals surface area contributed by atoms with Crippen molar-refractivity contribution in [3.05, 3.63) is 101 Å². The van der Waals surface area contributed by atoms with Crippen LogP contribution in [0.4, 0.5) is 10.9 Å². The maximum atomic E-state index is 10.8. The van der Waals surface area contributed by atoms with E-state index < -0.39 is 6.10 Å². The van der Waals surface area contributed by atoms with Crippen molar-refractivity contribution in [2.45, 2.75) is 19.6 Å². The molecule has 4 rings (SSSR count). The highest BCUT2D eigenvalue weighted by atomic mass is 35.5. The SMILES string of the molecule is Cc1csc(Nc2ncc(C(O)c3ccccc3)cc2OCc2ccccc2)n1.Cl. The van der Waals surface area contributed by atoms with E-state index in [1.165, 1.54) is 11.3 Å². The molecule has 0 aliphatic carbocycles. The van der Waals surface area contributed by atoms with Gasteiger partial charge in [0.25, 0.3) is 0 Å². The topological polar surface area (TPSA) is 67.3 Å². The van der Waals surface area contributed by atoms with E-state index in [0.717, 1.165) is 22.0 Å². The molecule has 30 heavy (non-hydrogen) atoms. The number of aromatic nitrogens is 2. The molecule has 1 atom stereocenters. The van der Waals surface area contributed by atoms with Crippen molar-refractivity contribution < 1.29 is 9.84 Å². The first kappa shape index (κ1) is 21.8. The number of benzene rings is 2. The Hall–Kier alpha value is -2.93. The van der Waals surface area contributed by atoms with Crippen molar-refractivity contribution in [3.8, 4) is 5.75 Å². The first-order valence-corrected chi connectivity index (χ1v) is 10.2. The van der Waals surface area contributed by atoms with E-state index in [2.05, 4.69) is 15.3 Å². The van der Waals surface area contributed by atoms with Crippen LogP contribution in [0.2, 0.25) is 0 Å². The minimum Gasteiger partial charge on any atom is -0.485 e. The number of aryl methyl sites for hydroxylation is 1. The largest absolute Gasteiger partial charge is 0.485 e. The molecule has 5 nitrogen and oxygen atoms in total. The molecular formula is C23H22ClN3O2S. The number of ether oxygens (including phenoxy) is 1. The highest BCUT2D eigenvalue weighted by Crippen LogP contribution is 2.32. The second-order valence-corrected chi connectivity index (χ2v) is 7.48. The van der Waals surface area contributed by atoms with E-state index in [9.17, 15) is 5.11 Å². The highest BCUT2D eigenvalue weighted by Gasteiger charge is 2.16. The Balaban J connectivity index is 0.00000256. The third-order valence-corrected chi connectivity index (χ3v) is 5.26. The lowest BCUT2D eigenvalue weighted by atomic mass is 10.0. The van der Waals surface area contributed by atoms with Gasteiger partial charge < -0.3 is 15.2 Å². The summed E-state index contributed by atoms with van der Waals surface area (Å²) in [5.41, 5.74) is 3.47. The minimum atomic E-state index is -0.779. The van der Waals surface area contributed by atoms with Crippen molar-refractivity contribution >= 4 is 34.7 Å². The van der Waals surface area contributed by atoms with Crippen LogP contribution in [0.3, 0.4) is 0 Å². The quantitative estimate of drug-likeness (QED) is 0.388. The summed E-state index contributed by atoms with van der Waals surface area (Å²) >= 11 is 1.51. The number of anilines is 2. The van der Waals surface area contributed by atoms with Gasteiger partial charge in [-0.3, -0.25) is 0 Å². The van der Waals surface area contributed by atoms with Gasteiger partial charge in [0.2, 0.25) is 0 Å². The lowest BCUT2D eigenvalue weighted by Gasteiger charge is -2.16. The van der Waals surface area contributed by atoms with E-state index in [0.29, 0.717) is 23.7 Å². The fourth-order valence-electron chi connectivity index (χ4n) is 2.89. The maximum absolute atomic E-state index is 10.8. The van der Waals surface area contributed by atoms with Gasteiger partial charge in [-0.05, 0) is 24.1 Å². The fraction of sp³-hybridized carbons (Fsp3) is 0.130. The van der Waals surface area contributed by atoms with Crippen LogP contribution in [-0.4, -0.2) is 15.1 Å². The van der Waals surface area contributed by atoms with E-state index in [1.54, 1.807) is 6.20 Å². The summed E-state index contributed by atoms with van der Waals surface area (Å²) in [7, 11) is 0. The summed E-state index contributed by atoms with van der Waals surface area (Å²) in [6.07, 6.45) is 0.884. The van der Waals surface area contributed by atoms with Crippen LogP contribution >= 0.6 is 23.7 Å². The second kappa shape index (κ2) is 10.2. The third kappa shape index (κ3) is 5.36. The average Bonchev–Trinajstić information content (AvgIpc) is 3.18. The molecule has 0 radical (unpaired) electrons. The predicted octanol–water partition coefficient (Wildman–Crippen LogP) is 5.67. The molecule has 0 aliphatic rings. The zero-order valence-corrected chi connectivity index (χ0v) is 18.0. The van der Waals surface area contributed by atoms with Gasteiger partial charge in [-0.25, -0.2) is 9.97 Å². The first-order valence-electron chi connectivity index (χ1n) is 9.28. The Kier molecular flexibility index (Phi) is 7.41. The maximum Gasteiger partial charge on any atom is 0.188 e. The van der Waals surface area contributed by atoms with Crippen LogP contribution in [0.1, 0.15) is 28.5 Å². The zero-order chi connectivity index (χ0) is 20.1. The Bertz CT molecular complexity index is 1070. The lowest BCUT2D eigenvalue weighted by molar-refractivity contribution is 0.218. The first-order chi connectivity index (χ1) is 14.2. The molecule has 0 fully saturated rings. The minimum absolute atomic E-state index is 0. The molecule has 0 amide bonds. The van der Waals surface area contributed by atoms with Gasteiger partial charge in [0, 0.05) is 17.1 Å². The number of hydrogen-bond acceptors (Lipinski definition) is 6. The van der Waals surface area contributed by atoms with E-state index in [1.807, 2.05) is 79.0 Å². The van der Waals surface area contributed by atoms with Gasteiger partial charge in [0.1, 0.15) is 12.7 Å².